The van der Waals surface area contributed by atoms with Gasteiger partial charge >= 0.3 is 5.97 Å². The van der Waals surface area contributed by atoms with Crippen LogP contribution >= 0.6 is 11.6 Å². The van der Waals surface area contributed by atoms with Crippen LogP contribution in [0.25, 0.3) is 10.9 Å². The summed E-state index contributed by atoms with van der Waals surface area (Å²) in [6.45, 7) is 6.82. The van der Waals surface area contributed by atoms with Crippen molar-refractivity contribution in [1.29, 1.82) is 0 Å². The van der Waals surface area contributed by atoms with Crippen LogP contribution in [-0.4, -0.2) is 27.2 Å². The molecule has 152 valence electrons. The largest absolute Gasteiger partial charge is 0.505 e. The van der Waals surface area contributed by atoms with Crippen molar-refractivity contribution in [2.45, 2.75) is 39.7 Å². The number of ether oxygens (including phenoxy) is 1. The Kier molecular flexibility index (Phi) is 5.41. The second-order valence-corrected chi connectivity index (χ2v) is 8.21. The number of hydrogen-bond acceptors (Lipinski definition) is 4. The normalized spacial score (nSPS) is 11.7. The van der Waals surface area contributed by atoms with Crippen molar-refractivity contribution in [1.82, 2.24) is 4.57 Å². The van der Waals surface area contributed by atoms with Crippen molar-refractivity contribution in [3.63, 3.8) is 0 Å². The summed E-state index contributed by atoms with van der Waals surface area (Å²) in [4.78, 5) is 25.6. The second kappa shape index (κ2) is 7.52. The van der Waals surface area contributed by atoms with Crippen LogP contribution in [0.15, 0.2) is 36.4 Å². The van der Waals surface area contributed by atoms with Gasteiger partial charge in [-0.15, -0.1) is 0 Å². The van der Waals surface area contributed by atoms with Gasteiger partial charge in [-0.2, -0.15) is 0 Å². The van der Waals surface area contributed by atoms with E-state index in [1.54, 1.807) is 45.9 Å². The lowest BCUT2D eigenvalue weighted by atomic mass is 10.1. The second-order valence-electron chi connectivity index (χ2n) is 7.77. The number of aromatic hydroxyl groups is 1. The Balaban J connectivity index is 2.19. The zero-order valence-corrected chi connectivity index (χ0v) is 17.3. The zero-order valence-electron chi connectivity index (χ0n) is 16.5. The number of carbonyl (C=O) groups excluding carboxylic acids is 2. The number of halogens is 2. The molecule has 1 N–H and O–H groups in total. The van der Waals surface area contributed by atoms with E-state index >= 15 is 0 Å². The third-order valence-electron chi connectivity index (χ3n) is 4.43. The van der Waals surface area contributed by atoms with Crippen molar-refractivity contribution < 1.29 is 23.8 Å². The van der Waals surface area contributed by atoms with Crippen molar-refractivity contribution in [2.75, 3.05) is 0 Å². The summed E-state index contributed by atoms with van der Waals surface area (Å²) < 4.78 is 21.5. The number of nitrogens with zero attached hydrogens (tertiary/aromatic N) is 1. The molecule has 1 aromatic heterocycles. The summed E-state index contributed by atoms with van der Waals surface area (Å²) in [5.41, 5.74) is 0.537. The van der Waals surface area contributed by atoms with Crippen LogP contribution in [0.3, 0.4) is 0 Å². The Labute approximate surface area is 172 Å². The fourth-order valence-electron chi connectivity index (χ4n) is 3.28. The Hall–Kier alpha value is -2.86. The first-order valence-corrected chi connectivity index (χ1v) is 9.41. The molecule has 3 aromatic rings. The summed E-state index contributed by atoms with van der Waals surface area (Å²) in [5.74, 6) is -2.43. The maximum absolute atomic E-state index is 14.8. The molecular formula is C22H21ClFNO4. The third kappa shape index (κ3) is 4.12. The van der Waals surface area contributed by atoms with Gasteiger partial charge < -0.3 is 9.84 Å². The fraction of sp³-hybridized carbons (Fsp3) is 0.273. The topological polar surface area (TPSA) is 68.5 Å². The smallest absolute Gasteiger partial charge is 0.310 e. The van der Waals surface area contributed by atoms with Crippen LogP contribution in [0.5, 0.6) is 5.75 Å². The van der Waals surface area contributed by atoms with Crippen LogP contribution in [0, 0.1) is 12.7 Å². The van der Waals surface area contributed by atoms with Gasteiger partial charge in [0.1, 0.15) is 5.60 Å². The highest BCUT2D eigenvalue weighted by Gasteiger charge is 2.26. The van der Waals surface area contributed by atoms with Crippen LogP contribution < -0.4 is 0 Å². The van der Waals surface area contributed by atoms with Gasteiger partial charge in [0.2, 0.25) is 0 Å². The minimum atomic E-state index is -0.887. The Morgan fingerprint density at radius 1 is 1.21 bits per heavy atom. The zero-order chi connectivity index (χ0) is 21.5. The monoisotopic (exact) mass is 417 g/mol. The minimum absolute atomic E-state index is 0.0173. The summed E-state index contributed by atoms with van der Waals surface area (Å²) in [7, 11) is 0. The van der Waals surface area contributed by atoms with E-state index in [1.165, 1.54) is 22.8 Å². The minimum Gasteiger partial charge on any atom is -0.505 e. The number of phenolic OH excluding ortho intramolecular Hbond substituents is 1. The number of aromatic nitrogens is 1. The molecule has 0 saturated heterocycles. The molecule has 0 unspecified atom stereocenters. The van der Waals surface area contributed by atoms with Crippen LogP contribution in [0.4, 0.5) is 4.39 Å². The molecule has 0 aliphatic heterocycles. The first-order valence-electron chi connectivity index (χ1n) is 9.03. The molecular weight excluding hydrogens is 397 g/mol. The highest BCUT2D eigenvalue weighted by atomic mass is 35.5. The van der Waals surface area contributed by atoms with Crippen molar-refractivity contribution in [2.24, 2.45) is 0 Å². The molecule has 5 nitrogen and oxygen atoms in total. The lowest BCUT2D eigenvalue weighted by Crippen LogP contribution is -2.25. The maximum atomic E-state index is 14.8. The summed E-state index contributed by atoms with van der Waals surface area (Å²) in [5, 5.41) is 10.3. The number of esters is 1. The quantitative estimate of drug-likeness (QED) is 0.607. The van der Waals surface area contributed by atoms with Crippen LogP contribution in [-0.2, 0) is 16.0 Å². The molecule has 2 aromatic carbocycles. The average molecular weight is 418 g/mol. The lowest BCUT2D eigenvalue weighted by Gasteiger charge is -2.19. The molecule has 3 rings (SSSR count). The molecule has 0 spiro atoms. The molecule has 1 heterocycles. The van der Waals surface area contributed by atoms with Crippen molar-refractivity contribution in [3.05, 3.63) is 64.1 Å². The highest BCUT2D eigenvalue weighted by Crippen LogP contribution is 2.34. The standard InChI is InChI=1S/C22H21ClFNO4/c1-12-15(11-18(27)29-22(2,3)4)19-16(8-9-17(26)20(19)24)25(12)21(28)13-6-5-7-14(23)10-13/h5-10,26H,11H2,1-4H3. The van der Waals surface area contributed by atoms with Gasteiger partial charge in [0.25, 0.3) is 5.91 Å². The Bertz CT molecular complexity index is 1130. The van der Waals surface area contributed by atoms with E-state index in [-0.39, 0.29) is 22.9 Å². The van der Waals surface area contributed by atoms with Gasteiger partial charge in [-0.3, -0.25) is 14.2 Å². The predicted octanol–water partition coefficient (Wildman–Crippen LogP) is 5.02. The van der Waals surface area contributed by atoms with Gasteiger partial charge in [-0.05, 0) is 63.6 Å². The van der Waals surface area contributed by atoms with Crippen LogP contribution in [0.1, 0.15) is 42.4 Å². The van der Waals surface area contributed by atoms with Gasteiger partial charge in [-0.25, -0.2) is 4.39 Å². The molecule has 29 heavy (non-hydrogen) atoms. The Morgan fingerprint density at radius 3 is 2.52 bits per heavy atom. The van der Waals surface area contributed by atoms with Gasteiger partial charge in [-0.1, -0.05) is 17.7 Å². The van der Waals surface area contributed by atoms with E-state index in [9.17, 15) is 19.1 Å². The first-order chi connectivity index (χ1) is 13.5. The average Bonchev–Trinajstić information content (AvgIpc) is 2.88. The SMILES string of the molecule is Cc1c(CC(=O)OC(C)(C)C)c2c(F)c(O)ccc2n1C(=O)c1cccc(Cl)c1. The molecule has 0 aliphatic rings. The van der Waals surface area contributed by atoms with E-state index in [0.29, 0.717) is 16.3 Å². The lowest BCUT2D eigenvalue weighted by molar-refractivity contribution is -0.153. The van der Waals surface area contributed by atoms with Crippen molar-refractivity contribution >= 4 is 34.4 Å². The van der Waals surface area contributed by atoms with Crippen molar-refractivity contribution in [3.8, 4) is 5.75 Å². The summed E-state index contributed by atoms with van der Waals surface area (Å²) >= 11 is 6.00. The first kappa shape index (κ1) is 20.9. The molecule has 0 aliphatic carbocycles. The fourth-order valence-corrected chi connectivity index (χ4v) is 3.47. The molecule has 0 fully saturated rings. The van der Waals surface area contributed by atoms with Gasteiger partial charge in [0.05, 0.1) is 11.9 Å². The number of carbonyl (C=O) groups is 2. The van der Waals surface area contributed by atoms with E-state index < -0.39 is 29.0 Å². The van der Waals surface area contributed by atoms with Gasteiger partial charge in [0.15, 0.2) is 11.6 Å². The molecule has 0 bridgehead atoms. The molecule has 0 radical (unpaired) electrons. The number of benzene rings is 2. The summed E-state index contributed by atoms with van der Waals surface area (Å²) in [6, 6.07) is 9.02. The van der Waals surface area contributed by atoms with E-state index in [1.807, 2.05) is 0 Å². The van der Waals surface area contributed by atoms with Crippen LogP contribution in [0.2, 0.25) is 5.02 Å². The third-order valence-corrected chi connectivity index (χ3v) is 4.67. The van der Waals surface area contributed by atoms with Gasteiger partial charge in [0, 0.05) is 21.7 Å². The van der Waals surface area contributed by atoms with E-state index in [2.05, 4.69) is 0 Å². The number of phenols is 1. The summed E-state index contributed by atoms with van der Waals surface area (Å²) in [6.07, 6.45) is -0.240. The maximum Gasteiger partial charge on any atom is 0.310 e. The Morgan fingerprint density at radius 2 is 1.90 bits per heavy atom. The molecule has 0 amide bonds. The highest BCUT2D eigenvalue weighted by molar-refractivity contribution is 6.31. The molecule has 0 atom stereocenters. The molecule has 0 saturated carbocycles. The number of fused-ring (bicyclic) bond motifs is 1. The molecule has 7 heteroatoms. The van der Waals surface area contributed by atoms with E-state index in [0.717, 1.165) is 0 Å². The number of rotatable bonds is 3. The number of hydrogen-bond donors (Lipinski definition) is 1. The predicted molar refractivity (Wildman–Crippen MR) is 109 cm³/mol. The van der Waals surface area contributed by atoms with E-state index in [4.69, 9.17) is 16.3 Å².